The third kappa shape index (κ3) is 6.13. The standard InChI is InChI=1S/C16H33N3/c1-10-12-18(8)14(17-11-2)19(9)16(6,7)13-15(3,4)5/h11H,2,10,12-13H2,1,3-9H3. The van der Waals surface area contributed by atoms with Gasteiger partial charge in [-0.05, 0) is 32.1 Å². The van der Waals surface area contributed by atoms with Crippen LogP contribution in [-0.2, 0) is 0 Å². The van der Waals surface area contributed by atoms with Crippen molar-refractivity contribution in [1.29, 1.82) is 0 Å². The summed E-state index contributed by atoms with van der Waals surface area (Å²) >= 11 is 0. The van der Waals surface area contributed by atoms with E-state index in [-0.39, 0.29) is 5.54 Å². The molecule has 3 heteroatoms. The maximum absolute atomic E-state index is 4.47. The molecule has 0 saturated heterocycles. The van der Waals surface area contributed by atoms with E-state index in [2.05, 4.69) is 77.0 Å². The van der Waals surface area contributed by atoms with Crippen molar-refractivity contribution in [3.05, 3.63) is 12.8 Å². The Kier molecular flexibility index (Phi) is 6.61. The van der Waals surface area contributed by atoms with Crippen molar-refractivity contribution in [3.8, 4) is 0 Å². The summed E-state index contributed by atoms with van der Waals surface area (Å²) in [4.78, 5) is 8.95. The van der Waals surface area contributed by atoms with Crippen molar-refractivity contribution in [2.75, 3.05) is 20.6 Å². The highest BCUT2D eigenvalue weighted by molar-refractivity contribution is 5.81. The Labute approximate surface area is 120 Å². The van der Waals surface area contributed by atoms with Gasteiger partial charge in [0.1, 0.15) is 0 Å². The van der Waals surface area contributed by atoms with E-state index in [1.165, 1.54) is 0 Å². The zero-order valence-electron chi connectivity index (χ0n) is 14.2. The molecule has 3 nitrogen and oxygen atoms in total. The summed E-state index contributed by atoms with van der Waals surface area (Å²) in [6.45, 7) is 18.3. The summed E-state index contributed by atoms with van der Waals surface area (Å²) in [6, 6.07) is 0. The Hall–Kier alpha value is -0.990. The van der Waals surface area contributed by atoms with Crippen LogP contribution in [0.15, 0.2) is 17.8 Å². The van der Waals surface area contributed by atoms with Gasteiger partial charge in [0.05, 0.1) is 0 Å². The molecule has 0 aromatic rings. The molecule has 0 aliphatic carbocycles. The van der Waals surface area contributed by atoms with E-state index in [0.717, 1.165) is 25.3 Å². The van der Waals surface area contributed by atoms with Crippen LogP contribution in [0, 0.1) is 5.41 Å². The Balaban J connectivity index is 5.14. The fraction of sp³-hybridized carbons (Fsp3) is 0.812. The van der Waals surface area contributed by atoms with Crippen LogP contribution in [0.2, 0.25) is 0 Å². The van der Waals surface area contributed by atoms with E-state index in [1.54, 1.807) is 6.20 Å². The summed E-state index contributed by atoms with van der Waals surface area (Å²) in [6.07, 6.45) is 3.85. The van der Waals surface area contributed by atoms with Gasteiger partial charge < -0.3 is 9.80 Å². The summed E-state index contributed by atoms with van der Waals surface area (Å²) in [5.41, 5.74) is 0.350. The Morgan fingerprint density at radius 1 is 1.16 bits per heavy atom. The van der Waals surface area contributed by atoms with Crippen molar-refractivity contribution in [1.82, 2.24) is 9.80 Å². The molecule has 0 N–H and O–H groups in total. The highest BCUT2D eigenvalue weighted by atomic mass is 15.4. The highest BCUT2D eigenvalue weighted by Gasteiger charge is 2.32. The maximum atomic E-state index is 4.47. The van der Waals surface area contributed by atoms with E-state index in [4.69, 9.17) is 0 Å². The zero-order valence-corrected chi connectivity index (χ0v) is 14.2. The molecule has 0 heterocycles. The molecule has 0 amide bonds. The van der Waals surface area contributed by atoms with Crippen LogP contribution in [0.5, 0.6) is 0 Å². The molecule has 112 valence electrons. The van der Waals surface area contributed by atoms with Crippen molar-refractivity contribution in [3.63, 3.8) is 0 Å². The Bertz CT molecular complexity index is 310. The van der Waals surface area contributed by atoms with Crippen molar-refractivity contribution in [2.45, 2.75) is 59.9 Å². The van der Waals surface area contributed by atoms with Crippen LogP contribution in [0.1, 0.15) is 54.4 Å². The quantitative estimate of drug-likeness (QED) is 0.554. The minimum Gasteiger partial charge on any atom is -0.346 e. The SMILES string of the molecule is C=CN=C(N(C)CCC)N(C)C(C)(C)CC(C)(C)C. The minimum absolute atomic E-state index is 0.0576. The number of aliphatic imine (C=N–C) groups is 1. The van der Waals surface area contributed by atoms with Gasteiger partial charge in [-0.1, -0.05) is 34.3 Å². The second kappa shape index (κ2) is 6.97. The van der Waals surface area contributed by atoms with E-state index in [1.807, 2.05) is 0 Å². The van der Waals surface area contributed by atoms with Crippen LogP contribution in [0.3, 0.4) is 0 Å². The molecular formula is C16H33N3. The molecule has 0 aromatic heterocycles. The van der Waals surface area contributed by atoms with Gasteiger partial charge in [0.2, 0.25) is 5.96 Å². The molecule has 19 heavy (non-hydrogen) atoms. The molecule has 0 spiro atoms. The molecule has 0 rings (SSSR count). The minimum atomic E-state index is 0.0576. The highest BCUT2D eigenvalue weighted by Crippen LogP contribution is 2.31. The number of hydrogen-bond donors (Lipinski definition) is 0. The first-order chi connectivity index (χ1) is 8.55. The van der Waals surface area contributed by atoms with Gasteiger partial charge in [-0.15, -0.1) is 0 Å². The maximum Gasteiger partial charge on any atom is 0.201 e. The lowest BCUT2D eigenvalue weighted by Gasteiger charge is -2.43. The first kappa shape index (κ1) is 18.0. The number of nitrogens with zero attached hydrogens (tertiary/aromatic N) is 3. The lowest BCUT2D eigenvalue weighted by Crippen LogP contribution is -2.52. The molecule has 0 aliphatic rings. The van der Waals surface area contributed by atoms with Gasteiger partial charge in [-0.2, -0.15) is 0 Å². The van der Waals surface area contributed by atoms with E-state index in [0.29, 0.717) is 5.41 Å². The number of hydrogen-bond acceptors (Lipinski definition) is 1. The number of guanidine groups is 1. The van der Waals surface area contributed by atoms with E-state index >= 15 is 0 Å². The van der Waals surface area contributed by atoms with Crippen LogP contribution >= 0.6 is 0 Å². The van der Waals surface area contributed by atoms with Crippen LogP contribution < -0.4 is 0 Å². The zero-order chi connectivity index (χ0) is 15.3. The fourth-order valence-corrected chi connectivity index (χ4v) is 2.65. The lowest BCUT2D eigenvalue weighted by atomic mass is 9.81. The second-order valence-corrected chi connectivity index (χ2v) is 7.14. The molecule has 0 radical (unpaired) electrons. The van der Waals surface area contributed by atoms with Crippen LogP contribution in [0.25, 0.3) is 0 Å². The Morgan fingerprint density at radius 3 is 2.05 bits per heavy atom. The summed E-state index contributed by atoms with van der Waals surface area (Å²) in [7, 11) is 4.22. The third-order valence-electron chi connectivity index (χ3n) is 3.28. The Morgan fingerprint density at radius 2 is 1.68 bits per heavy atom. The van der Waals surface area contributed by atoms with Gasteiger partial charge in [0, 0.05) is 32.4 Å². The average molecular weight is 267 g/mol. The topological polar surface area (TPSA) is 18.8 Å². The molecule has 0 aliphatic heterocycles. The van der Waals surface area contributed by atoms with Gasteiger partial charge in [-0.25, -0.2) is 4.99 Å². The van der Waals surface area contributed by atoms with Gasteiger partial charge in [0.25, 0.3) is 0 Å². The molecule has 0 fully saturated rings. The van der Waals surface area contributed by atoms with Crippen LogP contribution in [-0.4, -0.2) is 41.9 Å². The number of rotatable bonds is 5. The summed E-state index contributed by atoms with van der Waals surface area (Å²) in [5.74, 6) is 0.992. The fourth-order valence-electron chi connectivity index (χ4n) is 2.65. The van der Waals surface area contributed by atoms with E-state index in [9.17, 15) is 0 Å². The van der Waals surface area contributed by atoms with Crippen molar-refractivity contribution >= 4 is 5.96 Å². The monoisotopic (exact) mass is 267 g/mol. The van der Waals surface area contributed by atoms with E-state index < -0.39 is 0 Å². The first-order valence-electron chi connectivity index (χ1n) is 7.19. The second-order valence-electron chi connectivity index (χ2n) is 7.14. The largest absolute Gasteiger partial charge is 0.346 e. The predicted octanol–water partition coefficient (Wildman–Crippen LogP) is 3.97. The third-order valence-corrected chi connectivity index (χ3v) is 3.28. The molecule has 0 saturated carbocycles. The molecule has 0 atom stereocenters. The molecule has 0 aromatic carbocycles. The van der Waals surface area contributed by atoms with Gasteiger partial charge in [-0.3, -0.25) is 0 Å². The average Bonchev–Trinajstić information content (AvgIpc) is 2.21. The normalized spacial score (nSPS) is 13.4. The van der Waals surface area contributed by atoms with Gasteiger partial charge >= 0.3 is 0 Å². The summed E-state index contributed by atoms with van der Waals surface area (Å²) in [5, 5.41) is 0. The molecular weight excluding hydrogens is 234 g/mol. The first-order valence-corrected chi connectivity index (χ1v) is 7.19. The summed E-state index contributed by atoms with van der Waals surface area (Å²) < 4.78 is 0. The molecule has 0 bridgehead atoms. The van der Waals surface area contributed by atoms with Crippen molar-refractivity contribution in [2.24, 2.45) is 10.4 Å². The molecule has 0 unspecified atom stereocenters. The smallest absolute Gasteiger partial charge is 0.201 e. The predicted molar refractivity (Wildman–Crippen MR) is 86.5 cm³/mol. The van der Waals surface area contributed by atoms with Crippen LogP contribution in [0.4, 0.5) is 0 Å². The lowest BCUT2D eigenvalue weighted by molar-refractivity contribution is 0.153. The van der Waals surface area contributed by atoms with Gasteiger partial charge in [0.15, 0.2) is 0 Å². The van der Waals surface area contributed by atoms with Crippen molar-refractivity contribution < 1.29 is 0 Å².